The first-order valence-electron chi connectivity index (χ1n) is 5.01. The van der Waals surface area contributed by atoms with Crippen LogP contribution < -0.4 is 11.1 Å². The lowest BCUT2D eigenvalue weighted by molar-refractivity contribution is -0.120. The minimum absolute atomic E-state index is 0.242. The Labute approximate surface area is 85.3 Å². The zero-order chi connectivity index (χ0) is 11.0. The van der Waals surface area contributed by atoms with Crippen LogP contribution in [-0.4, -0.2) is 54.7 Å². The van der Waals surface area contributed by atoms with Crippen LogP contribution in [0.25, 0.3) is 0 Å². The van der Waals surface area contributed by atoms with E-state index in [-0.39, 0.29) is 6.61 Å². The normalized spacial score (nSPS) is 13.1. The second-order valence-electron chi connectivity index (χ2n) is 3.12. The highest BCUT2D eigenvalue weighted by Crippen LogP contribution is 1.86. The van der Waals surface area contributed by atoms with Crippen molar-refractivity contribution in [1.82, 2.24) is 10.2 Å². The van der Waals surface area contributed by atoms with E-state index in [0.29, 0.717) is 6.54 Å². The van der Waals surface area contributed by atoms with Crippen LogP contribution in [-0.2, 0) is 4.79 Å². The Bertz CT molecular complexity index is 160. The van der Waals surface area contributed by atoms with Crippen molar-refractivity contribution in [1.29, 1.82) is 0 Å². The van der Waals surface area contributed by atoms with Crippen LogP contribution in [0.2, 0.25) is 0 Å². The summed E-state index contributed by atoms with van der Waals surface area (Å²) in [6.07, 6.45) is 0. The largest absolute Gasteiger partial charge is 0.394 e. The van der Waals surface area contributed by atoms with Crippen molar-refractivity contribution in [2.75, 3.05) is 32.8 Å². The standard InChI is InChI=1S/C9H21N3O2/c1-3-12(4-2)6-5-11-8(7-13)9(10)14/h8,11,13H,3-7H2,1-2H3,(H2,10,14). The highest BCUT2D eigenvalue weighted by Gasteiger charge is 2.12. The van der Waals surface area contributed by atoms with Crippen LogP contribution in [0.5, 0.6) is 0 Å². The van der Waals surface area contributed by atoms with E-state index in [9.17, 15) is 4.79 Å². The van der Waals surface area contributed by atoms with Crippen LogP contribution in [0.3, 0.4) is 0 Å². The monoisotopic (exact) mass is 203 g/mol. The van der Waals surface area contributed by atoms with Gasteiger partial charge < -0.3 is 21.1 Å². The molecule has 5 heteroatoms. The third-order valence-electron chi connectivity index (χ3n) is 2.24. The van der Waals surface area contributed by atoms with E-state index in [1.165, 1.54) is 0 Å². The zero-order valence-electron chi connectivity index (χ0n) is 8.99. The van der Waals surface area contributed by atoms with Crippen molar-refractivity contribution in [2.24, 2.45) is 5.73 Å². The third-order valence-corrected chi connectivity index (χ3v) is 2.24. The van der Waals surface area contributed by atoms with E-state index in [4.69, 9.17) is 10.8 Å². The van der Waals surface area contributed by atoms with Gasteiger partial charge in [0.15, 0.2) is 0 Å². The fourth-order valence-electron chi connectivity index (χ4n) is 1.19. The topological polar surface area (TPSA) is 78.6 Å². The number of primary amides is 1. The lowest BCUT2D eigenvalue weighted by atomic mass is 10.3. The summed E-state index contributed by atoms with van der Waals surface area (Å²) >= 11 is 0. The highest BCUT2D eigenvalue weighted by molar-refractivity contribution is 5.79. The first kappa shape index (κ1) is 13.4. The van der Waals surface area contributed by atoms with Crippen LogP contribution in [0.1, 0.15) is 13.8 Å². The van der Waals surface area contributed by atoms with Crippen LogP contribution in [0.4, 0.5) is 0 Å². The molecule has 0 saturated carbocycles. The minimum Gasteiger partial charge on any atom is -0.394 e. The fourth-order valence-corrected chi connectivity index (χ4v) is 1.19. The molecule has 1 unspecified atom stereocenters. The van der Waals surface area contributed by atoms with Crippen LogP contribution in [0.15, 0.2) is 0 Å². The molecule has 0 spiro atoms. The Morgan fingerprint density at radius 3 is 2.43 bits per heavy atom. The van der Waals surface area contributed by atoms with Gasteiger partial charge in [-0.3, -0.25) is 4.79 Å². The highest BCUT2D eigenvalue weighted by atomic mass is 16.3. The van der Waals surface area contributed by atoms with Gasteiger partial charge in [0.1, 0.15) is 6.04 Å². The molecule has 84 valence electrons. The Balaban J connectivity index is 3.65. The Morgan fingerprint density at radius 1 is 1.50 bits per heavy atom. The molecule has 0 radical (unpaired) electrons. The smallest absolute Gasteiger partial charge is 0.236 e. The summed E-state index contributed by atoms with van der Waals surface area (Å²) in [4.78, 5) is 13.0. The van der Waals surface area contributed by atoms with Crippen molar-refractivity contribution >= 4 is 5.91 Å². The van der Waals surface area contributed by atoms with Gasteiger partial charge in [0, 0.05) is 13.1 Å². The summed E-state index contributed by atoms with van der Waals surface area (Å²) in [7, 11) is 0. The molecule has 0 heterocycles. The number of rotatable bonds is 8. The van der Waals surface area contributed by atoms with E-state index in [0.717, 1.165) is 19.6 Å². The number of nitrogens with one attached hydrogen (secondary N) is 1. The number of nitrogens with two attached hydrogens (primary N) is 1. The summed E-state index contributed by atoms with van der Waals surface area (Å²) in [5, 5.41) is 11.7. The number of carbonyl (C=O) groups is 1. The molecule has 5 nitrogen and oxygen atoms in total. The molecule has 0 bridgehead atoms. The quantitative estimate of drug-likeness (QED) is 0.461. The van der Waals surface area contributed by atoms with Crippen molar-refractivity contribution in [3.8, 4) is 0 Å². The van der Waals surface area contributed by atoms with Crippen molar-refractivity contribution in [3.05, 3.63) is 0 Å². The zero-order valence-corrected chi connectivity index (χ0v) is 8.99. The molecule has 0 saturated heterocycles. The first-order valence-corrected chi connectivity index (χ1v) is 5.01. The Hall–Kier alpha value is -0.650. The van der Waals surface area contributed by atoms with Crippen molar-refractivity contribution in [2.45, 2.75) is 19.9 Å². The molecule has 0 rings (SSSR count). The average molecular weight is 203 g/mol. The van der Waals surface area contributed by atoms with Crippen LogP contribution >= 0.6 is 0 Å². The lowest BCUT2D eigenvalue weighted by Crippen LogP contribution is -2.46. The number of hydrogen-bond acceptors (Lipinski definition) is 4. The Kier molecular flexibility index (Phi) is 7.37. The Morgan fingerprint density at radius 2 is 2.07 bits per heavy atom. The SMILES string of the molecule is CCN(CC)CCNC(CO)C(N)=O. The maximum Gasteiger partial charge on any atom is 0.236 e. The molecule has 4 N–H and O–H groups in total. The van der Waals surface area contributed by atoms with E-state index >= 15 is 0 Å². The van der Waals surface area contributed by atoms with E-state index < -0.39 is 11.9 Å². The average Bonchev–Trinajstić information content (AvgIpc) is 2.18. The minimum atomic E-state index is -0.620. The predicted molar refractivity (Wildman–Crippen MR) is 55.9 cm³/mol. The lowest BCUT2D eigenvalue weighted by Gasteiger charge is -2.19. The first-order chi connectivity index (χ1) is 6.65. The molecule has 0 fully saturated rings. The van der Waals surface area contributed by atoms with Crippen molar-refractivity contribution in [3.63, 3.8) is 0 Å². The van der Waals surface area contributed by atoms with E-state index in [2.05, 4.69) is 24.1 Å². The summed E-state index contributed by atoms with van der Waals surface area (Å²) in [6.45, 7) is 7.42. The molecule has 0 aliphatic carbocycles. The third kappa shape index (κ3) is 5.16. The van der Waals surface area contributed by atoms with Gasteiger partial charge in [0.05, 0.1) is 6.61 Å². The maximum absolute atomic E-state index is 10.7. The summed E-state index contributed by atoms with van der Waals surface area (Å²) < 4.78 is 0. The molecule has 1 atom stereocenters. The summed E-state index contributed by atoms with van der Waals surface area (Å²) in [5.41, 5.74) is 5.05. The predicted octanol–water partition coefficient (Wildman–Crippen LogP) is -1.24. The molecule has 14 heavy (non-hydrogen) atoms. The molecule has 0 aromatic rings. The second kappa shape index (κ2) is 7.73. The number of aliphatic hydroxyl groups excluding tert-OH is 1. The molecular formula is C9H21N3O2. The van der Waals surface area contributed by atoms with Gasteiger partial charge in [-0.1, -0.05) is 13.8 Å². The fraction of sp³-hybridized carbons (Fsp3) is 0.889. The molecular weight excluding hydrogens is 182 g/mol. The van der Waals surface area contributed by atoms with E-state index in [1.54, 1.807) is 0 Å². The van der Waals surface area contributed by atoms with Crippen molar-refractivity contribution < 1.29 is 9.90 Å². The summed E-state index contributed by atoms with van der Waals surface area (Å²) in [6, 6.07) is -0.620. The molecule has 0 aliphatic rings. The second-order valence-corrected chi connectivity index (χ2v) is 3.12. The van der Waals surface area contributed by atoms with E-state index in [1.807, 2.05) is 0 Å². The van der Waals surface area contributed by atoms with Gasteiger partial charge >= 0.3 is 0 Å². The molecule has 0 aliphatic heterocycles. The van der Waals surface area contributed by atoms with Gasteiger partial charge in [-0.05, 0) is 13.1 Å². The maximum atomic E-state index is 10.7. The van der Waals surface area contributed by atoms with Gasteiger partial charge in [-0.15, -0.1) is 0 Å². The number of nitrogens with zero attached hydrogens (tertiary/aromatic N) is 1. The number of hydrogen-bond donors (Lipinski definition) is 3. The number of amides is 1. The van der Waals surface area contributed by atoms with Gasteiger partial charge in [-0.2, -0.15) is 0 Å². The number of aliphatic hydroxyl groups is 1. The van der Waals surface area contributed by atoms with Gasteiger partial charge in [0.2, 0.25) is 5.91 Å². The van der Waals surface area contributed by atoms with Gasteiger partial charge in [0.25, 0.3) is 0 Å². The number of carbonyl (C=O) groups excluding carboxylic acids is 1. The van der Waals surface area contributed by atoms with Gasteiger partial charge in [-0.25, -0.2) is 0 Å². The van der Waals surface area contributed by atoms with Crippen LogP contribution in [0, 0.1) is 0 Å². The number of likely N-dealkylation sites (N-methyl/N-ethyl adjacent to an activating group) is 1. The molecule has 0 aromatic carbocycles. The summed E-state index contributed by atoms with van der Waals surface area (Å²) in [5.74, 6) is -0.507. The molecule has 1 amide bonds. The molecule has 0 aromatic heterocycles.